The van der Waals surface area contributed by atoms with Crippen molar-refractivity contribution in [1.29, 1.82) is 0 Å². The van der Waals surface area contributed by atoms with Crippen molar-refractivity contribution in [2.75, 3.05) is 29.0 Å². The number of ether oxygens (including phenoxy) is 2. The summed E-state index contributed by atoms with van der Waals surface area (Å²) in [4.78, 5) is 17.8. The first-order chi connectivity index (χ1) is 11.4. The number of ketones is 1. The molecule has 3 heterocycles. The molecule has 0 N–H and O–H groups in total. The van der Waals surface area contributed by atoms with Crippen LogP contribution in [0.4, 0.5) is 5.69 Å². The van der Waals surface area contributed by atoms with Gasteiger partial charge in [-0.15, -0.1) is 0 Å². The van der Waals surface area contributed by atoms with Crippen LogP contribution in [0, 0.1) is 0 Å². The van der Waals surface area contributed by atoms with E-state index in [9.17, 15) is 13.2 Å². The number of amidine groups is 1. The van der Waals surface area contributed by atoms with Crippen LogP contribution in [-0.4, -0.2) is 55.5 Å². The molecule has 128 valence electrons. The Morgan fingerprint density at radius 1 is 1.33 bits per heavy atom. The van der Waals surface area contributed by atoms with E-state index >= 15 is 0 Å². The summed E-state index contributed by atoms with van der Waals surface area (Å²) < 4.78 is 34.7. The van der Waals surface area contributed by atoms with Gasteiger partial charge in [0.1, 0.15) is 5.78 Å². The van der Waals surface area contributed by atoms with Gasteiger partial charge in [-0.25, -0.2) is 8.42 Å². The Kier molecular flexibility index (Phi) is 3.72. The molecule has 9 heteroatoms. The number of aliphatic imine (C=N–C) groups is 1. The average Bonchev–Trinajstić information content (AvgIpc) is 3.15. The number of benzene rings is 1. The SMILES string of the molecule is CC(=O)CSC1=N[C@@H]2CS(=O)(=O)C[C@@H]2N1c1ccc2c(c1)OCO2. The standard InChI is InChI=1S/C15H16N2O5S2/c1-9(18)5-23-15-16-11-6-24(19,20)7-12(11)17(15)10-2-3-13-14(4-10)22-8-21-13/h2-4,11-12H,5-8H2,1H3/t11-,12+/m1/s1. The van der Waals surface area contributed by atoms with E-state index in [4.69, 9.17) is 9.47 Å². The van der Waals surface area contributed by atoms with Crippen molar-refractivity contribution in [3.05, 3.63) is 18.2 Å². The van der Waals surface area contributed by atoms with Gasteiger partial charge in [0.2, 0.25) is 6.79 Å². The molecule has 0 spiro atoms. The number of hydrogen-bond donors (Lipinski definition) is 0. The van der Waals surface area contributed by atoms with Crippen LogP contribution in [0.1, 0.15) is 6.92 Å². The molecule has 7 nitrogen and oxygen atoms in total. The highest BCUT2D eigenvalue weighted by atomic mass is 32.2. The minimum absolute atomic E-state index is 0.0537. The predicted molar refractivity (Wildman–Crippen MR) is 91.8 cm³/mol. The monoisotopic (exact) mass is 368 g/mol. The molecule has 0 aliphatic carbocycles. The molecule has 0 radical (unpaired) electrons. The molecule has 3 aliphatic heterocycles. The summed E-state index contributed by atoms with van der Waals surface area (Å²) in [6.45, 7) is 1.71. The molecule has 1 fully saturated rings. The number of rotatable bonds is 3. The third kappa shape index (κ3) is 2.75. The largest absolute Gasteiger partial charge is 0.454 e. The van der Waals surface area contributed by atoms with Gasteiger partial charge in [-0.2, -0.15) is 0 Å². The fourth-order valence-corrected chi connectivity index (χ4v) is 5.90. The summed E-state index contributed by atoms with van der Waals surface area (Å²) in [5, 5.41) is 0.689. The Labute approximate surface area is 143 Å². The molecule has 1 aromatic carbocycles. The average molecular weight is 368 g/mol. The van der Waals surface area contributed by atoms with Crippen molar-refractivity contribution in [1.82, 2.24) is 0 Å². The molecular formula is C15H16N2O5S2. The Morgan fingerprint density at radius 3 is 2.92 bits per heavy atom. The summed E-state index contributed by atoms with van der Waals surface area (Å²) in [7, 11) is -3.09. The third-order valence-corrected chi connectivity index (χ3v) is 6.96. The van der Waals surface area contributed by atoms with E-state index in [1.165, 1.54) is 18.7 Å². The number of thioether (sulfide) groups is 1. The minimum atomic E-state index is -3.09. The lowest BCUT2D eigenvalue weighted by Gasteiger charge is -2.26. The van der Waals surface area contributed by atoms with Gasteiger partial charge in [0.15, 0.2) is 26.5 Å². The van der Waals surface area contributed by atoms with Crippen molar-refractivity contribution in [2.45, 2.75) is 19.0 Å². The van der Waals surface area contributed by atoms with Crippen molar-refractivity contribution >= 4 is 38.2 Å². The zero-order valence-electron chi connectivity index (χ0n) is 13.0. The number of fused-ring (bicyclic) bond motifs is 2. The predicted octanol–water partition coefficient (Wildman–Crippen LogP) is 1.08. The molecule has 3 aliphatic rings. The second-order valence-electron chi connectivity index (χ2n) is 6.02. The molecule has 0 saturated carbocycles. The van der Waals surface area contributed by atoms with E-state index < -0.39 is 9.84 Å². The normalized spacial score (nSPS) is 26.4. The maximum absolute atomic E-state index is 12.0. The van der Waals surface area contributed by atoms with Crippen molar-refractivity contribution < 1.29 is 22.7 Å². The number of nitrogens with zero attached hydrogens (tertiary/aromatic N) is 2. The quantitative estimate of drug-likeness (QED) is 0.789. The first-order valence-corrected chi connectivity index (χ1v) is 10.3. The summed E-state index contributed by atoms with van der Waals surface area (Å²) in [5.74, 6) is 1.79. The number of carbonyl (C=O) groups is 1. The highest BCUT2D eigenvalue weighted by molar-refractivity contribution is 8.14. The molecule has 1 aromatic rings. The van der Waals surface area contributed by atoms with Crippen LogP contribution in [0.25, 0.3) is 0 Å². The maximum Gasteiger partial charge on any atom is 0.231 e. The van der Waals surface area contributed by atoms with E-state index in [1.807, 2.05) is 23.1 Å². The van der Waals surface area contributed by atoms with Gasteiger partial charge in [-0.05, 0) is 19.1 Å². The lowest BCUT2D eigenvalue weighted by molar-refractivity contribution is -0.114. The Bertz CT molecular complexity index is 836. The number of hydrogen-bond acceptors (Lipinski definition) is 8. The molecule has 0 unspecified atom stereocenters. The van der Waals surface area contributed by atoms with Crippen LogP contribution in [-0.2, 0) is 14.6 Å². The summed E-state index contributed by atoms with van der Waals surface area (Å²) in [6.07, 6.45) is 0. The zero-order valence-corrected chi connectivity index (χ0v) is 14.6. The molecule has 0 aromatic heterocycles. The van der Waals surface area contributed by atoms with Crippen molar-refractivity contribution in [2.24, 2.45) is 4.99 Å². The highest BCUT2D eigenvalue weighted by Crippen LogP contribution is 2.40. The van der Waals surface area contributed by atoms with Crippen molar-refractivity contribution in [3.63, 3.8) is 0 Å². The van der Waals surface area contributed by atoms with Crippen LogP contribution in [0.5, 0.6) is 11.5 Å². The van der Waals surface area contributed by atoms with Gasteiger partial charge < -0.3 is 14.4 Å². The van der Waals surface area contributed by atoms with E-state index in [0.717, 1.165) is 5.69 Å². The molecule has 24 heavy (non-hydrogen) atoms. The van der Waals surface area contributed by atoms with E-state index in [2.05, 4.69) is 4.99 Å². The molecule has 4 rings (SSSR count). The van der Waals surface area contributed by atoms with Gasteiger partial charge in [0.25, 0.3) is 0 Å². The minimum Gasteiger partial charge on any atom is -0.454 e. The van der Waals surface area contributed by atoms with Crippen molar-refractivity contribution in [3.8, 4) is 11.5 Å². The summed E-state index contributed by atoms with van der Waals surface area (Å²) in [5.41, 5.74) is 0.804. The number of sulfone groups is 1. The van der Waals surface area contributed by atoms with Crippen LogP contribution in [0.3, 0.4) is 0 Å². The Hall–Kier alpha value is -1.74. The fraction of sp³-hybridized carbons (Fsp3) is 0.467. The Balaban J connectivity index is 1.69. The van der Waals surface area contributed by atoms with Gasteiger partial charge >= 0.3 is 0 Å². The zero-order chi connectivity index (χ0) is 16.9. The highest BCUT2D eigenvalue weighted by Gasteiger charge is 2.47. The summed E-state index contributed by atoms with van der Waals surface area (Å²) in [6, 6.07) is 4.99. The molecule has 0 bridgehead atoms. The Morgan fingerprint density at radius 2 is 2.12 bits per heavy atom. The van der Waals surface area contributed by atoms with E-state index in [-0.39, 0.29) is 36.2 Å². The first-order valence-electron chi connectivity index (χ1n) is 7.52. The maximum atomic E-state index is 12.0. The van der Waals surface area contributed by atoms with Gasteiger partial charge in [0, 0.05) is 11.8 Å². The lowest BCUT2D eigenvalue weighted by Crippen LogP contribution is -2.39. The smallest absolute Gasteiger partial charge is 0.231 e. The van der Waals surface area contributed by atoms with Crippen LogP contribution in [0.15, 0.2) is 23.2 Å². The molecule has 0 amide bonds. The molecule has 1 saturated heterocycles. The summed E-state index contributed by atoms with van der Waals surface area (Å²) >= 11 is 1.34. The van der Waals surface area contributed by atoms with E-state index in [0.29, 0.717) is 22.4 Å². The molecule has 2 atom stereocenters. The second kappa shape index (κ2) is 5.66. The second-order valence-corrected chi connectivity index (χ2v) is 9.12. The van der Waals surface area contributed by atoms with Crippen LogP contribution < -0.4 is 14.4 Å². The third-order valence-electron chi connectivity index (χ3n) is 4.15. The number of Topliss-reactive ketones (excluding diaryl/α,β-unsaturated/α-hetero) is 1. The van der Waals surface area contributed by atoms with Gasteiger partial charge in [-0.1, -0.05) is 11.8 Å². The van der Waals surface area contributed by atoms with Gasteiger partial charge in [0.05, 0.1) is 29.3 Å². The molecular weight excluding hydrogens is 352 g/mol. The van der Waals surface area contributed by atoms with Crippen LogP contribution in [0.2, 0.25) is 0 Å². The number of carbonyl (C=O) groups excluding carboxylic acids is 1. The lowest BCUT2D eigenvalue weighted by atomic mass is 10.1. The fourth-order valence-electron chi connectivity index (χ4n) is 3.14. The van der Waals surface area contributed by atoms with E-state index in [1.54, 1.807) is 0 Å². The topological polar surface area (TPSA) is 85.3 Å². The first kappa shape index (κ1) is 15.8. The number of anilines is 1. The van der Waals surface area contributed by atoms with Gasteiger partial charge in [-0.3, -0.25) is 9.79 Å². The van der Waals surface area contributed by atoms with Crippen LogP contribution >= 0.6 is 11.8 Å².